The van der Waals surface area contributed by atoms with Crippen LogP contribution >= 0.6 is 0 Å². The molecular formula is C27H40N6O5. The van der Waals surface area contributed by atoms with Gasteiger partial charge in [-0.15, -0.1) is 0 Å². The number of hydrogen-bond acceptors (Lipinski definition) is 7. The van der Waals surface area contributed by atoms with E-state index in [2.05, 4.69) is 28.9 Å². The van der Waals surface area contributed by atoms with E-state index >= 15 is 0 Å². The lowest BCUT2D eigenvalue weighted by molar-refractivity contribution is 0.0984. The molecule has 0 aromatic carbocycles. The van der Waals surface area contributed by atoms with Crippen LogP contribution in [0.15, 0.2) is 26.8 Å². The molecule has 0 saturated carbocycles. The van der Waals surface area contributed by atoms with Gasteiger partial charge in [0, 0.05) is 19.2 Å². The molecule has 3 rings (SSSR count). The minimum absolute atomic E-state index is 0.0954. The molecule has 0 amide bonds. The summed E-state index contributed by atoms with van der Waals surface area (Å²) in [7, 11) is 0. The van der Waals surface area contributed by atoms with Gasteiger partial charge in [-0.2, -0.15) is 4.52 Å². The van der Waals surface area contributed by atoms with Gasteiger partial charge in [0.05, 0.1) is 12.1 Å². The SMILES string of the molecule is CCCCCCCCn1c(O)c(C(=O)Cc2cc(=O)n3[nH]cnc3n2)c(=O)n(CCCCCCCC)c1=O. The number of ketones is 1. The van der Waals surface area contributed by atoms with Gasteiger partial charge in [-0.25, -0.2) is 14.8 Å². The van der Waals surface area contributed by atoms with Crippen LogP contribution in [0.2, 0.25) is 0 Å². The first kappa shape index (κ1) is 29.1. The summed E-state index contributed by atoms with van der Waals surface area (Å²) in [6, 6.07) is 1.18. The van der Waals surface area contributed by atoms with Crippen LogP contribution in [-0.4, -0.2) is 39.6 Å². The van der Waals surface area contributed by atoms with Crippen LogP contribution in [0.4, 0.5) is 0 Å². The molecule has 208 valence electrons. The second-order valence-corrected chi connectivity index (χ2v) is 9.83. The average Bonchev–Trinajstić information content (AvgIpc) is 3.36. The molecule has 3 aromatic rings. The van der Waals surface area contributed by atoms with E-state index in [0.29, 0.717) is 12.8 Å². The fraction of sp³-hybridized carbons (Fsp3) is 0.630. The number of aromatic hydroxyl groups is 1. The number of Topliss-reactive ketones (excluding diaryl/α,β-unsaturated/α-hetero) is 1. The number of unbranched alkanes of at least 4 members (excludes halogenated alkanes) is 10. The number of rotatable bonds is 17. The molecule has 0 spiro atoms. The van der Waals surface area contributed by atoms with Crippen molar-refractivity contribution in [1.29, 1.82) is 0 Å². The van der Waals surface area contributed by atoms with Crippen molar-refractivity contribution in [3.8, 4) is 5.88 Å². The predicted octanol–water partition coefficient (Wildman–Crippen LogP) is 3.59. The van der Waals surface area contributed by atoms with Crippen LogP contribution in [0.1, 0.15) is 107 Å². The number of hydrogen-bond donors (Lipinski definition) is 2. The van der Waals surface area contributed by atoms with Gasteiger partial charge in [-0.1, -0.05) is 78.1 Å². The van der Waals surface area contributed by atoms with Gasteiger partial charge < -0.3 is 5.11 Å². The molecule has 11 nitrogen and oxygen atoms in total. The zero-order valence-electron chi connectivity index (χ0n) is 22.6. The Morgan fingerprint density at radius 3 is 2.08 bits per heavy atom. The fourth-order valence-electron chi connectivity index (χ4n) is 4.64. The Bertz CT molecular complexity index is 1380. The summed E-state index contributed by atoms with van der Waals surface area (Å²) in [6.45, 7) is 4.68. The first-order valence-electron chi connectivity index (χ1n) is 13.9. The van der Waals surface area contributed by atoms with Crippen molar-refractivity contribution < 1.29 is 9.90 Å². The average molecular weight is 529 g/mol. The van der Waals surface area contributed by atoms with E-state index in [0.717, 1.165) is 77.9 Å². The van der Waals surface area contributed by atoms with Crippen LogP contribution < -0.4 is 16.8 Å². The highest BCUT2D eigenvalue weighted by molar-refractivity contribution is 5.98. The topological polar surface area (TPSA) is 144 Å². The van der Waals surface area contributed by atoms with Gasteiger partial charge in [-0.3, -0.25) is 28.6 Å². The Labute approximate surface area is 221 Å². The van der Waals surface area contributed by atoms with Crippen molar-refractivity contribution in [1.82, 2.24) is 28.7 Å². The fourth-order valence-corrected chi connectivity index (χ4v) is 4.64. The molecule has 0 saturated heterocycles. The van der Waals surface area contributed by atoms with Crippen LogP contribution in [0, 0.1) is 0 Å². The van der Waals surface area contributed by atoms with Gasteiger partial charge in [0.1, 0.15) is 11.9 Å². The van der Waals surface area contributed by atoms with Gasteiger partial charge in [0.2, 0.25) is 5.88 Å². The minimum Gasteiger partial charge on any atom is -0.494 e. The smallest absolute Gasteiger partial charge is 0.333 e. The van der Waals surface area contributed by atoms with Crippen molar-refractivity contribution in [3.05, 3.63) is 54.8 Å². The summed E-state index contributed by atoms with van der Waals surface area (Å²) in [5.74, 6) is -1.22. The summed E-state index contributed by atoms with van der Waals surface area (Å²) in [6.07, 6.45) is 12.7. The zero-order valence-corrected chi connectivity index (χ0v) is 22.6. The largest absolute Gasteiger partial charge is 0.494 e. The summed E-state index contributed by atoms with van der Waals surface area (Å²) in [5, 5.41) is 13.6. The Kier molecular flexibility index (Phi) is 11.0. The molecule has 0 aliphatic carbocycles. The van der Waals surface area contributed by atoms with E-state index in [9.17, 15) is 24.3 Å². The van der Waals surface area contributed by atoms with Crippen LogP contribution in [0.25, 0.3) is 5.78 Å². The van der Waals surface area contributed by atoms with Crippen LogP contribution in [-0.2, 0) is 19.5 Å². The van der Waals surface area contributed by atoms with Gasteiger partial charge in [0.15, 0.2) is 5.78 Å². The summed E-state index contributed by atoms with van der Waals surface area (Å²) in [5.41, 5.74) is -2.16. The van der Waals surface area contributed by atoms with Gasteiger partial charge >= 0.3 is 5.69 Å². The van der Waals surface area contributed by atoms with E-state index < -0.39 is 34.0 Å². The number of aromatic amines is 1. The number of carbonyl (C=O) groups is 1. The summed E-state index contributed by atoms with van der Waals surface area (Å²) >= 11 is 0. The Morgan fingerprint density at radius 1 is 0.868 bits per heavy atom. The molecule has 3 heterocycles. The van der Waals surface area contributed by atoms with E-state index in [1.165, 1.54) is 12.4 Å². The quantitative estimate of drug-likeness (QED) is 0.201. The first-order chi connectivity index (χ1) is 18.4. The van der Waals surface area contributed by atoms with Crippen LogP contribution in [0.5, 0.6) is 5.88 Å². The van der Waals surface area contributed by atoms with Crippen molar-refractivity contribution >= 4 is 11.6 Å². The molecule has 2 N–H and O–H groups in total. The standard InChI is InChI=1S/C27H40N6O5/c1-3-5-7-9-11-13-15-31-24(36)23(25(37)32(27(31)38)16-14-12-10-8-6-4-2)21(34)17-20-18-22(35)33-26(30-20)28-19-29-33/h18-19,36H,3-17H2,1-2H3,(H,28,29,30). The number of H-pyrrole nitrogens is 1. The van der Waals surface area contributed by atoms with E-state index in [1.54, 1.807) is 0 Å². The Morgan fingerprint density at radius 2 is 1.45 bits per heavy atom. The highest BCUT2D eigenvalue weighted by Crippen LogP contribution is 2.16. The van der Waals surface area contributed by atoms with Gasteiger partial charge in [0.25, 0.3) is 16.9 Å². The maximum Gasteiger partial charge on any atom is 0.333 e. The second kappa shape index (κ2) is 14.4. The van der Waals surface area contributed by atoms with Crippen molar-refractivity contribution in [2.45, 2.75) is 110 Å². The maximum atomic E-state index is 13.3. The highest BCUT2D eigenvalue weighted by atomic mass is 16.3. The Hall–Kier alpha value is -3.50. The zero-order chi connectivity index (χ0) is 27.5. The molecule has 3 aromatic heterocycles. The number of nitrogens with zero attached hydrogens (tertiary/aromatic N) is 5. The summed E-state index contributed by atoms with van der Waals surface area (Å²) < 4.78 is 3.34. The lowest BCUT2D eigenvalue weighted by Gasteiger charge is -2.15. The second-order valence-electron chi connectivity index (χ2n) is 9.83. The van der Waals surface area contributed by atoms with Crippen LogP contribution in [0.3, 0.4) is 0 Å². The normalized spacial score (nSPS) is 11.4. The maximum absolute atomic E-state index is 13.3. The van der Waals surface area contributed by atoms with E-state index in [-0.39, 0.29) is 31.0 Å². The molecule has 0 aliphatic rings. The first-order valence-corrected chi connectivity index (χ1v) is 13.9. The summed E-state index contributed by atoms with van der Waals surface area (Å²) in [4.78, 5) is 60.2. The number of nitrogens with one attached hydrogen (secondary N) is 1. The molecule has 38 heavy (non-hydrogen) atoms. The lowest BCUT2D eigenvalue weighted by Crippen LogP contribution is -2.43. The molecule has 0 radical (unpaired) electrons. The minimum atomic E-state index is -0.803. The highest BCUT2D eigenvalue weighted by Gasteiger charge is 2.25. The molecule has 0 atom stereocenters. The van der Waals surface area contributed by atoms with E-state index in [1.807, 2.05) is 0 Å². The molecule has 0 unspecified atom stereocenters. The third-order valence-corrected chi connectivity index (χ3v) is 6.81. The van der Waals surface area contributed by atoms with E-state index in [4.69, 9.17) is 0 Å². The van der Waals surface area contributed by atoms with Gasteiger partial charge in [-0.05, 0) is 12.8 Å². The monoisotopic (exact) mass is 528 g/mol. The number of fused-ring (bicyclic) bond motifs is 1. The predicted molar refractivity (Wildman–Crippen MR) is 145 cm³/mol. The number of carbonyl (C=O) groups excluding carboxylic acids is 1. The molecule has 0 aliphatic heterocycles. The third kappa shape index (κ3) is 7.29. The lowest BCUT2D eigenvalue weighted by atomic mass is 10.1. The molecular weight excluding hydrogens is 488 g/mol. The Balaban J connectivity index is 1.87. The van der Waals surface area contributed by atoms with Crippen molar-refractivity contribution in [2.75, 3.05) is 0 Å². The van der Waals surface area contributed by atoms with Crippen molar-refractivity contribution in [3.63, 3.8) is 0 Å². The molecule has 11 heteroatoms. The molecule has 0 fully saturated rings. The molecule has 0 bridgehead atoms. The number of aromatic nitrogens is 6. The van der Waals surface area contributed by atoms with Crippen molar-refractivity contribution in [2.24, 2.45) is 0 Å². The third-order valence-electron chi connectivity index (χ3n) is 6.81.